The Morgan fingerprint density at radius 1 is 1.07 bits per heavy atom. The minimum Gasteiger partial charge on any atom is -0.450 e. The molecule has 3 heterocycles. The number of nitrogens with zero attached hydrogens (tertiary/aromatic N) is 2. The van der Waals surface area contributed by atoms with E-state index in [0.29, 0.717) is 18.8 Å². The van der Waals surface area contributed by atoms with Gasteiger partial charge in [0.25, 0.3) is 5.91 Å². The molecule has 152 valence electrons. The van der Waals surface area contributed by atoms with Crippen LogP contribution >= 0.6 is 11.3 Å². The van der Waals surface area contributed by atoms with Crippen molar-refractivity contribution in [3.05, 3.63) is 45.7 Å². The molecule has 2 amide bonds. The van der Waals surface area contributed by atoms with Crippen LogP contribution in [0.1, 0.15) is 37.7 Å². The third-order valence-electron chi connectivity index (χ3n) is 4.98. The van der Waals surface area contributed by atoms with Crippen LogP contribution in [0.25, 0.3) is 11.0 Å². The quantitative estimate of drug-likeness (QED) is 0.640. The van der Waals surface area contributed by atoms with E-state index in [1.165, 1.54) is 11.3 Å². The first-order chi connectivity index (χ1) is 14.0. The van der Waals surface area contributed by atoms with Gasteiger partial charge >= 0.3 is 5.91 Å². The number of carbonyl (C=O) groups is 2. The Morgan fingerprint density at radius 2 is 1.76 bits per heavy atom. The normalized spacial score (nSPS) is 14.2. The zero-order chi connectivity index (χ0) is 20.5. The lowest BCUT2D eigenvalue weighted by Crippen LogP contribution is -2.42. The van der Waals surface area contributed by atoms with Crippen LogP contribution in [0.5, 0.6) is 0 Å². The van der Waals surface area contributed by atoms with Crippen molar-refractivity contribution in [2.75, 3.05) is 31.2 Å². The summed E-state index contributed by atoms with van der Waals surface area (Å²) >= 11 is 1.39. The van der Waals surface area contributed by atoms with Crippen LogP contribution in [0.3, 0.4) is 0 Å². The molecule has 0 radical (unpaired) electrons. The minimum atomic E-state index is -0.505. The molecular formula is C20H22N4O4S. The van der Waals surface area contributed by atoms with E-state index in [1.54, 1.807) is 5.38 Å². The fraction of sp³-hybridized carbons (Fsp3) is 0.350. The number of anilines is 1. The number of furan rings is 1. The molecule has 29 heavy (non-hydrogen) atoms. The number of hydrazine groups is 1. The highest BCUT2D eigenvalue weighted by molar-refractivity contribution is 7.13. The van der Waals surface area contributed by atoms with Gasteiger partial charge in [-0.1, -0.05) is 12.1 Å². The van der Waals surface area contributed by atoms with Crippen molar-refractivity contribution in [2.45, 2.75) is 20.8 Å². The van der Waals surface area contributed by atoms with Crippen molar-refractivity contribution < 1.29 is 18.7 Å². The van der Waals surface area contributed by atoms with Crippen molar-refractivity contribution in [1.82, 2.24) is 15.8 Å². The number of fused-ring (bicyclic) bond motifs is 1. The summed E-state index contributed by atoms with van der Waals surface area (Å²) in [7, 11) is 0. The molecule has 0 bridgehead atoms. The maximum Gasteiger partial charge on any atom is 0.305 e. The van der Waals surface area contributed by atoms with E-state index >= 15 is 0 Å². The lowest BCUT2D eigenvalue weighted by atomic mass is 10.0. The average Bonchev–Trinajstić information content (AvgIpc) is 3.35. The molecular weight excluding hydrogens is 392 g/mol. The molecule has 0 spiro atoms. The molecule has 0 aliphatic carbocycles. The van der Waals surface area contributed by atoms with Gasteiger partial charge in [0.2, 0.25) is 0 Å². The molecule has 8 nitrogen and oxygen atoms in total. The first-order valence-electron chi connectivity index (χ1n) is 9.34. The third kappa shape index (κ3) is 3.70. The SMILES string of the molecule is Cc1ccc(C)c2c(C)c(C(=O)NNC(=O)c3csc(N4CCOCC4)n3)oc12. The predicted octanol–water partition coefficient (Wildman–Crippen LogP) is 2.73. The van der Waals surface area contributed by atoms with Gasteiger partial charge in [-0.2, -0.15) is 0 Å². The van der Waals surface area contributed by atoms with Gasteiger partial charge in [-0.25, -0.2) is 4.98 Å². The lowest BCUT2D eigenvalue weighted by molar-refractivity contribution is 0.0829. The number of carbonyl (C=O) groups excluding carboxylic acids is 2. The van der Waals surface area contributed by atoms with Crippen LogP contribution in [0, 0.1) is 20.8 Å². The van der Waals surface area contributed by atoms with E-state index in [-0.39, 0.29) is 11.5 Å². The molecule has 1 aliphatic heterocycles. The number of amides is 2. The van der Waals surface area contributed by atoms with E-state index in [4.69, 9.17) is 9.15 Å². The highest BCUT2D eigenvalue weighted by Crippen LogP contribution is 2.30. The van der Waals surface area contributed by atoms with Crippen molar-refractivity contribution in [3.8, 4) is 0 Å². The van der Waals surface area contributed by atoms with Crippen molar-refractivity contribution >= 4 is 39.3 Å². The van der Waals surface area contributed by atoms with Crippen LogP contribution in [-0.2, 0) is 4.74 Å². The summed E-state index contributed by atoms with van der Waals surface area (Å²) < 4.78 is 11.1. The number of ether oxygens (including phenoxy) is 1. The number of benzene rings is 1. The number of aryl methyl sites for hydroxylation is 3. The van der Waals surface area contributed by atoms with E-state index in [2.05, 4.69) is 20.7 Å². The second-order valence-electron chi connectivity index (χ2n) is 6.98. The Labute approximate surface area is 171 Å². The third-order valence-corrected chi connectivity index (χ3v) is 5.89. The fourth-order valence-electron chi connectivity index (χ4n) is 3.39. The maximum atomic E-state index is 12.6. The van der Waals surface area contributed by atoms with Gasteiger partial charge in [0.1, 0.15) is 11.3 Å². The fourth-order valence-corrected chi connectivity index (χ4v) is 4.25. The Balaban J connectivity index is 1.45. The molecule has 2 N–H and O–H groups in total. The minimum absolute atomic E-state index is 0.185. The summed E-state index contributed by atoms with van der Waals surface area (Å²) in [6, 6.07) is 3.95. The second kappa shape index (κ2) is 7.84. The van der Waals surface area contributed by atoms with Crippen LogP contribution in [0.15, 0.2) is 21.9 Å². The number of hydrogen-bond donors (Lipinski definition) is 2. The number of aromatic nitrogens is 1. The van der Waals surface area contributed by atoms with Gasteiger partial charge in [0, 0.05) is 29.4 Å². The Bertz CT molecular complexity index is 1080. The first-order valence-corrected chi connectivity index (χ1v) is 10.2. The van der Waals surface area contributed by atoms with E-state index in [9.17, 15) is 9.59 Å². The summed E-state index contributed by atoms with van der Waals surface area (Å²) in [5, 5.41) is 3.37. The molecule has 1 saturated heterocycles. The van der Waals surface area contributed by atoms with Gasteiger partial charge in [-0.15, -0.1) is 11.3 Å². The van der Waals surface area contributed by atoms with E-state index in [0.717, 1.165) is 40.3 Å². The number of rotatable bonds is 3. The molecule has 1 aliphatic rings. The Morgan fingerprint density at radius 3 is 2.48 bits per heavy atom. The van der Waals surface area contributed by atoms with Gasteiger partial charge in [-0.05, 0) is 31.9 Å². The summed E-state index contributed by atoms with van der Waals surface area (Å²) in [6.07, 6.45) is 0. The van der Waals surface area contributed by atoms with Crippen molar-refractivity contribution in [2.24, 2.45) is 0 Å². The molecule has 3 aromatic rings. The van der Waals surface area contributed by atoms with Crippen LogP contribution in [-0.4, -0.2) is 43.1 Å². The van der Waals surface area contributed by atoms with Gasteiger partial charge in [0.05, 0.1) is 13.2 Å². The Hall–Kier alpha value is -2.91. The smallest absolute Gasteiger partial charge is 0.305 e. The first kappa shape index (κ1) is 19.4. The second-order valence-corrected chi connectivity index (χ2v) is 7.82. The van der Waals surface area contributed by atoms with Crippen LogP contribution in [0.2, 0.25) is 0 Å². The maximum absolute atomic E-state index is 12.6. The molecule has 2 aromatic heterocycles. The van der Waals surface area contributed by atoms with E-state index < -0.39 is 11.8 Å². The lowest BCUT2D eigenvalue weighted by Gasteiger charge is -2.25. The number of hydrogen-bond acceptors (Lipinski definition) is 7. The van der Waals surface area contributed by atoms with Gasteiger partial charge < -0.3 is 14.1 Å². The topological polar surface area (TPSA) is 96.7 Å². The van der Waals surface area contributed by atoms with Gasteiger partial charge in [-0.3, -0.25) is 20.4 Å². The molecule has 0 saturated carbocycles. The highest BCUT2D eigenvalue weighted by atomic mass is 32.1. The zero-order valence-corrected chi connectivity index (χ0v) is 17.3. The number of morpholine rings is 1. The summed E-state index contributed by atoms with van der Waals surface area (Å²) in [5.41, 5.74) is 8.52. The highest BCUT2D eigenvalue weighted by Gasteiger charge is 2.22. The molecule has 1 aromatic carbocycles. The summed E-state index contributed by atoms with van der Waals surface area (Å²) in [6.45, 7) is 8.53. The Kier molecular flexibility index (Phi) is 5.25. The molecule has 0 atom stereocenters. The van der Waals surface area contributed by atoms with Gasteiger partial charge in [0.15, 0.2) is 10.9 Å². The monoisotopic (exact) mass is 414 g/mol. The number of thiazole rings is 1. The molecule has 9 heteroatoms. The van der Waals surface area contributed by atoms with Crippen molar-refractivity contribution in [3.63, 3.8) is 0 Å². The standard InChI is InChI=1S/C20H22N4O4S/c1-11-4-5-12(2)16-15(11)13(3)17(28-16)19(26)23-22-18(25)14-10-29-20(21-14)24-6-8-27-9-7-24/h4-5,10H,6-9H2,1-3H3,(H,22,25)(H,23,26). The van der Waals surface area contributed by atoms with Crippen LogP contribution < -0.4 is 15.8 Å². The predicted molar refractivity (Wildman–Crippen MR) is 111 cm³/mol. The number of nitrogens with one attached hydrogen (secondary N) is 2. The summed E-state index contributed by atoms with van der Waals surface area (Å²) in [5.74, 6) is -0.797. The summed E-state index contributed by atoms with van der Waals surface area (Å²) in [4.78, 5) is 31.4. The van der Waals surface area contributed by atoms with Crippen LogP contribution in [0.4, 0.5) is 5.13 Å². The molecule has 4 rings (SSSR count). The zero-order valence-electron chi connectivity index (χ0n) is 16.5. The van der Waals surface area contributed by atoms with Crippen molar-refractivity contribution in [1.29, 1.82) is 0 Å². The van der Waals surface area contributed by atoms with E-state index in [1.807, 2.05) is 32.9 Å². The molecule has 1 fully saturated rings. The average molecular weight is 414 g/mol. The molecule has 0 unspecified atom stereocenters. The largest absolute Gasteiger partial charge is 0.450 e.